The lowest BCUT2D eigenvalue weighted by Gasteiger charge is -2.23. The van der Waals surface area contributed by atoms with Crippen molar-refractivity contribution >= 4 is 43.4 Å². The highest BCUT2D eigenvalue weighted by Crippen LogP contribution is 2.32. The molecule has 1 saturated carbocycles. The van der Waals surface area contributed by atoms with Crippen LogP contribution in [0.3, 0.4) is 0 Å². The number of nitrogens with zero attached hydrogens (tertiary/aromatic N) is 1. The molecule has 1 amide bonds. The number of amides is 1. The molecule has 188 valence electrons. The van der Waals surface area contributed by atoms with Crippen LogP contribution in [0, 0.1) is 0 Å². The van der Waals surface area contributed by atoms with Gasteiger partial charge in [0.05, 0.1) is 7.11 Å². The zero-order chi connectivity index (χ0) is 25.3. The highest BCUT2D eigenvalue weighted by atomic mass is 32.2. The van der Waals surface area contributed by atoms with E-state index in [0.717, 1.165) is 60.5 Å². The van der Waals surface area contributed by atoms with Crippen LogP contribution in [0.25, 0.3) is 21.8 Å². The number of carbonyl (C=O) groups excluding carboxylic acids is 1. The molecule has 1 heterocycles. The van der Waals surface area contributed by atoms with Gasteiger partial charge in [0.1, 0.15) is 10.6 Å². The van der Waals surface area contributed by atoms with E-state index in [9.17, 15) is 13.2 Å². The number of aryl methyl sites for hydroxylation is 1. The van der Waals surface area contributed by atoms with E-state index in [0.29, 0.717) is 5.69 Å². The number of aromatic nitrogens is 1. The number of para-hydroxylation sites is 1. The molecule has 0 saturated heterocycles. The highest BCUT2D eigenvalue weighted by Gasteiger charge is 2.26. The predicted octanol–water partition coefficient (Wildman–Crippen LogP) is 5.69. The van der Waals surface area contributed by atoms with Gasteiger partial charge in [0.15, 0.2) is 0 Å². The lowest BCUT2D eigenvalue weighted by Crippen LogP contribution is -2.36. The van der Waals surface area contributed by atoms with Gasteiger partial charge in [-0.15, -0.1) is 0 Å². The number of methoxy groups -OCH3 is 1. The molecule has 3 aromatic carbocycles. The number of benzene rings is 3. The molecule has 2 N–H and O–H groups in total. The monoisotopic (exact) mass is 505 g/mol. The van der Waals surface area contributed by atoms with E-state index in [-0.39, 0.29) is 28.2 Å². The molecule has 0 aliphatic heterocycles. The minimum absolute atomic E-state index is 0.0234. The van der Waals surface area contributed by atoms with Gasteiger partial charge in [0.2, 0.25) is 10.0 Å². The minimum atomic E-state index is -3.84. The second-order valence-electron chi connectivity index (χ2n) is 9.27. The first-order chi connectivity index (χ1) is 17.4. The van der Waals surface area contributed by atoms with Crippen molar-refractivity contribution in [2.45, 2.75) is 56.5 Å². The van der Waals surface area contributed by atoms with Crippen molar-refractivity contribution in [2.24, 2.45) is 0 Å². The fourth-order valence-electron chi connectivity index (χ4n) is 5.21. The zero-order valence-electron chi connectivity index (χ0n) is 20.6. The first kappa shape index (κ1) is 24.3. The molecule has 0 atom stereocenters. The van der Waals surface area contributed by atoms with E-state index in [1.165, 1.54) is 19.2 Å². The van der Waals surface area contributed by atoms with Crippen molar-refractivity contribution in [2.75, 3.05) is 12.4 Å². The molecular weight excluding hydrogens is 474 g/mol. The Morgan fingerprint density at radius 1 is 0.972 bits per heavy atom. The molecule has 7 nitrogen and oxygen atoms in total. The number of hydrogen-bond acceptors (Lipinski definition) is 4. The van der Waals surface area contributed by atoms with Gasteiger partial charge in [-0.05, 0) is 62.2 Å². The maximum absolute atomic E-state index is 13.2. The minimum Gasteiger partial charge on any atom is -0.495 e. The molecule has 5 rings (SSSR count). The third kappa shape index (κ3) is 4.58. The van der Waals surface area contributed by atoms with Gasteiger partial charge >= 0.3 is 0 Å². The third-order valence-corrected chi connectivity index (χ3v) is 8.53. The summed E-state index contributed by atoms with van der Waals surface area (Å²) in [6.45, 7) is 2.95. The van der Waals surface area contributed by atoms with Gasteiger partial charge in [0, 0.05) is 45.6 Å². The molecule has 0 unspecified atom stereocenters. The molecule has 36 heavy (non-hydrogen) atoms. The summed E-state index contributed by atoms with van der Waals surface area (Å²) in [5.74, 6) is -0.172. The van der Waals surface area contributed by atoms with E-state index >= 15 is 0 Å². The summed E-state index contributed by atoms with van der Waals surface area (Å²) in [6, 6.07) is 18.5. The fraction of sp³-hybridized carbons (Fsp3) is 0.321. The van der Waals surface area contributed by atoms with E-state index in [4.69, 9.17) is 4.74 Å². The van der Waals surface area contributed by atoms with E-state index in [2.05, 4.69) is 33.7 Å². The van der Waals surface area contributed by atoms with E-state index < -0.39 is 10.0 Å². The summed E-state index contributed by atoms with van der Waals surface area (Å²) in [4.78, 5) is 13.1. The number of anilines is 1. The van der Waals surface area contributed by atoms with Crippen LogP contribution in [0.15, 0.2) is 65.6 Å². The number of nitrogens with one attached hydrogen (secondary N) is 2. The van der Waals surface area contributed by atoms with Gasteiger partial charge in [-0.25, -0.2) is 13.1 Å². The van der Waals surface area contributed by atoms with Crippen LogP contribution in [0.4, 0.5) is 5.69 Å². The Balaban J connectivity index is 1.44. The van der Waals surface area contributed by atoms with Gasteiger partial charge in [-0.2, -0.15) is 0 Å². The molecule has 0 spiro atoms. The fourth-order valence-corrected chi connectivity index (χ4v) is 6.71. The smallest absolute Gasteiger partial charge is 0.255 e. The number of hydrogen-bond donors (Lipinski definition) is 2. The Kier molecular flexibility index (Phi) is 6.73. The molecule has 1 fully saturated rings. The predicted molar refractivity (Wildman–Crippen MR) is 143 cm³/mol. The van der Waals surface area contributed by atoms with Gasteiger partial charge in [-0.1, -0.05) is 37.5 Å². The van der Waals surface area contributed by atoms with Crippen LogP contribution >= 0.6 is 0 Å². The summed E-state index contributed by atoms with van der Waals surface area (Å²) in [6.07, 6.45) is 4.78. The van der Waals surface area contributed by atoms with Crippen LogP contribution in [0.2, 0.25) is 0 Å². The molecule has 4 aromatic rings. The molecule has 0 bridgehead atoms. The average Bonchev–Trinajstić information content (AvgIpc) is 3.21. The van der Waals surface area contributed by atoms with Crippen LogP contribution in [0.5, 0.6) is 5.75 Å². The Bertz CT molecular complexity index is 1540. The summed E-state index contributed by atoms with van der Waals surface area (Å²) < 4.78 is 36.8. The second-order valence-corrected chi connectivity index (χ2v) is 11.0. The largest absolute Gasteiger partial charge is 0.495 e. The second kappa shape index (κ2) is 9.95. The summed E-state index contributed by atoms with van der Waals surface area (Å²) in [7, 11) is -2.42. The van der Waals surface area contributed by atoms with E-state index in [1.807, 2.05) is 30.3 Å². The van der Waals surface area contributed by atoms with Crippen LogP contribution in [-0.4, -0.2) is 32.0 Å². The van der Waals surface area contributed by atoms with Crippen LogP contribution in [-0.2, 0) is 16.6 Å². The number of ether oxygens (including phenoxy) is 1. The quantitative estimate of drug-likeness (QED) is 0.338. The van der Waals surface area contributed by atoms with Crippen LogP contribution < -0.4 is 14.8 Å². The Morgan fingerprint density at radius 2 is 1.72 bits per heavy atom. The number of fused-ring (bicyclic) bond motifs is 3. The average molecular weight is 506 g/mol. The first-order valence-corrected chi connectivity index (χ1v) is 13.9. The SMILES string of the molecule is CCn1c2ccccc2c2cc(NC(=O)c3ccc(OC)c(S(=O)(=O)NC4CCCCC4)c3)ccc21. The van der Waals surface area contributed by atoms with Crippen molar-refractivity contribution < 1.29 is 17.9 Å². The van der Waals surface area contributed by atoms with Crippen molar-refractivity contribution in [1.82, 2.24) is 9.29 Å². The Hall–Kier alpha value is -3.36. The van der Waals surface area contributed by atoms with Crippen molar-refractivity contribution in [3.05, 3.63) is 66.2 Å². The molecule has 0 radical (unpaired) electrons. The Labute approximate surface area is 211 Å². The summed E-state index contributed by atoms with van der Waals surface area (Å²) in [5.41, 5.74) is 3.14. The lowest BCUT2D eigenvalue weighted by atomic mass is 9.96. The Morgan fingerprint density at radius 3 is 2.47 bits per heavy atom. The van der Waals surface area contributed by atoms with Gasteiger partial charge in [-0.3, -0.25) is 4.79 Å². The lowest BCUT2D eigenvalue weighted by molar-refractivity contribution is 0.102. The van der Waals surface area contributed by atoms with Gasteiger partial charge in [0.25, 0.3) is 5.91 Å². The standard InChI is InChI=1S/C28H31N3O4S/c1-3-31-24-12-8-7-11-22(24)23-18-21(14-15-25(23)31)29-28(32)19-13-16-26(35-2)27(17-19)36(33,34)30-20-9-5-4-6-10-20/h7-8,11-18,20,30H,3-6,9-10H2,1-2H3,(H,29,32). The zero-order valence-corrected chi connectivity index (χ0v) is 21.4. The number of carbonyl (C=O) groups is 1. The first-order valence-electron chi connectivity index (χ1n) is 12.4. The van der Waals surface area contributed by atoms with Crippen LogP contribution in [0.1, 0.15) is 49.4 Å². The molecule has 1 aromatic heterocycles. The maximum atomic E-state index is 13.2. The highest BCUT2D eigenvalue weighted by molar-refractivity contribution is 7.89. The van der Waals surface area contributed by atoms with Crippen molar-refractivity contribution in [3.8, 4) is 5.75 Å². The van der Waals surface area contributed by atoms with Crippen molar-refractivity contribution in [3.63, 3.8) is 0 Å². The molecule has 1 aliphatic rings. The normalized spacial score (nSPS) is 14.8. The van der Waals surface area contributed by atoms with E-state index in [1.54, 1.807) is 6.07 Å². The maximum Gasteiger partial charge on any atom is 0.255 e. The summed E-state index contributed by atoms with van der Waals surface area (Å²) >= 11 is 0. The molecular formula is C28H31N3O4S. The molecule has 8 heteroatoms. The number of rotatable bonds is 7. The topological polar surface area (TPSA) is 89.4 Å². The number of sulfonamides is 1. The van der Waals surface area contributed by atoms with Gasteiger partial charge < -0.3 is 14.6 Å². The van der Waals surface area contributed by atoms with Crippen molar-refractivity contribution in [1.29, 1.82) is 0 Å². The third-order valence-electron chi connectivity index (χ3n) is 6.99. The summed E-state index contributed by atoms with van der Waals surface area (Å²) in [5, 5.41) is 5.11. The molecule has 1 aliphatic carbocycles.